The van der Waals surface area contributed by atoms with Crippen LogP contribution in [0.15, 0.2) is 82.4 Å². The van der Waals surface area contributed by atoms with Gasteiger partial charge < -0.3 is 10.3 Å². The van der Waals surface area contributed by atoms with Gasteiger partial charge in [0.15, 0.2) is 0 Å². The number of aromatic hydroxyl groups is 1. The molecule has 40 heavy (non-hydrogen) atoms. The van der Waals surface area contributed by atoms with Gasteiger partial charge >= 0.3 is 18.2 Å². The van der Waals surface area contributed by atoms with E-state index < -0.39 is 11.4 Å². The minimum atomic E-state index is -0.569. The van der Waals surface area contributed by atoms with E-state index in [9.17, 15) is 14.7 Å². The molecule has 7 nitrogen and oxygen atoms in total. The molecule has 4 aromatic carbocycles. The molecule has 0 atom stereocenters. The van der Waals surface area contributed by atoms with E-state index in [1.54, 1.807) is 30.3 Å². The zero-order valence-electron chi connectivity index (χ0n) is 23.1. The van der Waals surface area contributed by atoms with Crippen LogP contribution in [0.5, 0.6) is 5.75 Å². The van der Waals surface area contributed by atoms with Crippen molar-refractivity contribution in [1.29, 1.82) is 0 Å². The molecule has 0 bridgehead atoms. The number of aryl methyl sites for hydroxylation is 3. The lowest BCUT2D eigenvalue weighted by Crippen LogP contribution is -2.55. The first-order valence-electron chi connectivity index (χ1n) is 13.7. The predicted molar refractivity (Wildman–Crippen MR) is 162 cm³/mol. The Hall–Kier alpha value is -4.72. The van der Waals surface area contributed by atoms with Crippen LogP contribution in [0.25, 0.3) is 22.5 Å². The predicted octanol–water partition coefficient (Wildman–Crippen LogP) is 3.96. The van der Waals surface area contributed by atoms with Crippen LogP contribution in [-0.2, 0) is 12.8 Å². The number of nitrogens with one attached hydrogen (secondary N) is 2. The number of phenols is 1. The summed E-state index contributed by atoms with van der Waals surface area (Å²) >= 11 is 0. The van der Waals surface area contributed by atoms with Gasteiger partial charge in [0, 0.05) is 11.3 Å². The van der Waals surface area contributed by atoms with Crippen molar-refractivity contribution in [2.45, 2.75) is 40.5 Å². The molecular formula is C32H31BN4O3. The number of rotatable bonds is 5. The Labute approximate surface area is 232 Å². The summed E-state index contributed by atoms with van der Waals surface area (Å²) in [5, 5.41) is 17.8. The molecule has 0 spiro atoms. The minimum Gasteiger partial charge on any atom is -0.506 e. The number of benzene rings is 4. The quantitative estimate of drug-likeness (QED) is 0.300. The number of para-hydroxylation sites is 2. The fourth-order valence-corrected chi connectivity index (χ4v) is 6.26. The van der Waals surface area contributed by atoms with Gasteiger partial charge in [-0.25, -0.2) is 19.3 Å². The van der Waals surface area contributed by atoms with Gasteiger partial charge in [0.2, 0.25) is 0 Å². The second-order valence-corrected chi connectivity index (χ2v) is 10.4. The average Bonchev–Trinajstić information content (AvgIpc) is 3.24. The smallest absolute Gasteiger partial charge is 0.356 e. The lowest BCUT2D eigenvalue weighted by molar-refractivity contribution is 0.468. The summed E-state index contributed by atoms with van der Waals surface area (Å²) in [6, 6.07) is 23.2. The monoisotopic (exact) mass is 530 g/mol. The maximum Gasteiger partial charge on any atom is 0.356 e. The van der Waals surface area contributed by atoms with Crippen LogP contribution in [0.4, 0.5) is 5.69 Å². The molecule has 0 aliphatic carbocycles. The topological polar surface area (TPSA) is 92.1 Å². The Kier molecular flexibility index (Phi) is 6.26. The van der Waals surface area contributed by atoms with Gasteiger partial charge in [0.25, 0.3) is 0 Å². The lowest BCUT2D eigenvalue weighted by atomic mass is 9.44. The SMILES string of the molecule is CCc1cc(O)c(-n2[nH]c(=O)n(-c3ccccc3)c2=O)c(CC)c1B1Nc2ccccc2-c2cc(C)cc(C)c21. The highest BCUT2D eigenvalue weighted by Crippen LogP contribution is 2.34. The van der Waals surface area contributed by atoms with Gasteiger partial charge in [-0.1, -0.05) is 73.5 Å². The zero-order valence-corrected chi connectivity index (χ0v) is 23.1. The summed E-state index contributed by atoms with van der Waals surface area (Å²) in [6.07, 6.45) is 1.23. The zero-order chi connectivity index (χ0) is 28.1. The number of H-pyrrole nitrogens is 1. The summed E-state index contributed by atoms with van der Waals surface area (Å²) in [4.78, 5) is 26.7. The van der Waals surface area contributed by atoms with E-state index in [-0.39, 0.29) is 12.6 Å². The molecule has 3 N–H and O–H groups in total. The first-order valence-corrected chi connectivity index (χ1v) is 13.7. The minimum absolute atomic E-state index is 0.0435. The van der Waals surface area contributed by atoms with Crippen molar-refractivity contribution in [3.8, 4) is 28.3 Å². The second-order valence-electron chi connectivity index (χ2n) is 10.4. The van der Waals surface area contributed by atoms with Crippen LogP contribution in [0.1, 0.15) is 36.1 Å². The first kappa shape index (κ1) is 25.6. The van der Waals surface area contributed by atoms with Crippen LogP contribution in [0, 0.1) is 13.8 Å². The van der Waals surface area contributed by atoms with Crippen molar-refractivity contribution in [2.75, 3.05) is 5.23 Å². The number of hydrogen-bond acceptors (Lipinski definition) is 4. The molecule has 200 valence electrons. The highest BCUT2D eigenvalue weighted by Gasteiger charge is 2.35. The van der Waals surface area contributed by atoms with Gasteiger partial charge in [-0.05, 0) is 78.6 Å². The van der Waals surface area contributed by atoms with E-state index in [0.717, 1.165) is 32.4 Å². The van der Waals surface area contributed by atoms with E-state index in [1.807, 2.05) is 19.1 Å². The van der Waals surface area contributed by atoms with Crippen LogP contribution < -0.4 is 27.5 Å². The molecule has 0 radical (unpaired) electrons. The van der Waals surface area contributed by atoms with Crippen molar-refractivity contribution >= 4 is 23.5 Å². The van der Waals surface area contributed by atoms with Gasteiger partial charge in [0.05, 0.1) is 5.69 Å². The molecule has 8 heteroatoms. The second kappa shape index (κ2) is 9.79. The third-order valence-corrected chi connectivity index (χ3v) is 7.90. The summed E-state index contributed by atoms with van der Waals surface area (Å²) in [6.45, 7) is 8.11. The molecule has 0 unspecified atom stereocenters. The standard InChI is InChI=1S/C32H31BN4O3/c1-5-21-18-27(38)30(37-32(40)36(31(39)35-37)22-12-8-7-9-13-22)23(6-2)29(21)33-28-20(4)16-19(3)17-25(28)24-14-10-11-15-26(24)34-33/h7-18,34,38H,5-6H2,1-4H3,(H,35,39). The van der Waals surface area contributed by atoms with Crippen molar-refractivity contribution in [3.63, 3.8) is 0 Å². The molecule has 5 aromatic rings. The van der Waals surface area contributed by atoms with Crippen LogP contribution in [0.3, 0.4) is 0 Å². The molecular weight excluding hydrogens is 499 g/mol. The number of fused-ring (bicyclic) bond motifs is 3. The molecule has 2 heterocycles. The lowest BCUT2D eigenvalue weighted by Gasteiger charge is -2.32. The van der Waals surface area contributed by atoms with E-state index in [2.05, 4.69) is 61.4 Å². The van der Waals surface area contributed by atoms with Gasteiger partial charge in [-0.3, -0.25) is 0 Å². The molecule has 0 saturated carbocycles. The molecule has 0 amide bonds. The Morgan fingerprint density at radius 3 is 2.30 bits per heavy atom. The summed E-state index contributed by atoms with van der Waals surface area (Å²) < 4.78 is 2.27. The fourth-order valence-electron chi connectivity index (χ4n) is 6.26. The normalized spacial score (nSPS) is 12.2. The summed E-state index contributed by atoms with van der Waals surface area (Å²) in [5.74, 6) is -0.0435. The van der Waals surface area contributed by atoms with Gasteiger partial charge in [-0.2, -0.15) is 4.68 Å². The molecule has 1 aliphatic heterocycles. The number of hydrogen-bond donors (Lipinski definition) is 3. The number of anilines is 1. The maximum atomic E-state index is 13.7. The Balaban J connectivity index is 1.65. The number of aromatic amines is 1. The highest BCUT2D eigenvalue weighted by atomic mass is 16.3. The molecule has 0 saturated heterocycles. The van der Waals surface area contributed by atoms with Crippen LogP contribution in [-0.4, -0.2) is 26.3 Å². The number of phenolic OH excluding ortho intramolecular Hbond substituents is 1. The van der Waals surface area contributed by atoms with Crippen molar-refractivity contribution in [1.82, 2.24) is 14.3 Å². The molecule has 6 rings (SSSR count). The van der Waals surface area contributed by atoms with Crippen molar-refractivity contribution < 1.29 is 5.11 Å². The van der Waals surface area contributed by atoms with Crippen LogP contribution >= 0.6 is 0 Å². The average molecular weight is 530 g/mol. The maximum absolute atomic E-state index is 13.7. The summed E-state index contributed by atoms with van der Waals surface area (Å²) in [7, 11) is 0. The Bertz CT molecular complexity index is 1890. The van der Waals surface area contributed by atoms with Crippen molar-refractivity contribution in [3.05, 3.63) is 116 Å². The van der Waals surface area contributed by atoms with E-state index in [0.29, 0.717) is 24.2 Å². The fraction of sp³-hybridized carbons (Fsp3) is 0.188. The molecule has 1 aromatic heterocycles. The summed E-state index contributed by atoms with van der Waals surface area (Å²) in [5.41, 5.74) is 9.33. The third kappa shape index (κ3) is 3.90. The Morgan fingerprint density at radius 2 is 1.57 bits per heavy atom. The van der Waals surface area contributed by atoms with E-state index in [4.69, 9.17) is 0 Å². The Morgan fingerprint density at radius 1 is 0.850 bits per heavy atom. The highest BCUT2D eigenvalue weighted by molar-refractivity contribution is 6.90. The number of nitrogens with zero attached hydrogens (tertiary/aromatic N) is 2. The van der Waals surface area contributed by atoms with Crippen molar-refractivity contribution in [2.24, 2.45) is 0 Å². The third-order valence-electron chi connectivity index (χ3n) is 7.90. The van der Waals surface area contributed by atoms with Gasteiger partial charge in [-0.15, -0.1) is 0 Å². The largest absolute Gasteiger partial charge is 0.506 e. The number of aromatic nitrogens is 3. The van der Waals surface area contributed by atoms with Gasteiger partial charge in [0.1, 0.15) is 11.4 Å². The van der Waals surface area contributed by atoms with E-state index >= 15 is 0 Å². The molecule has 1 aliphatic rings. The van der Waals surface area contributed by atoms with E-state index in [1.165, 1.54) is 26.8 Å². The first-order chi connectivity index (χ1) is 19.3. The van der Waals surface area contributed by atoms with Crippen LogP contribution in [0.2, 0.25) is 0 Å². The molecule has 0 fully saturated rings.